The van der Waals surface area contributed by atoms with E-state index in [1.807, 2.05) is 29.5 Å². The predicted octanol–water partition coefficient (Wildman–Crippen LogP) is 4.66. The normalized spacial score (nSPS) is 22.8. The Kier molecular flexibility index (Phi) is 6.30. The van der Waals surface area contributed by atoms with E-state index in [9.17, 15) is 5.11 Å². The van der Waals surface area contributed by atoms with Crippen LogP contribution in [0.25, 0.3) is 11.8 Å². The smallest absolute Gasteiger partial charge is 0.186 e. The summed E-state index contributed by atoms with van der Waals surface area (Å²) in [5, 5.41) is 15.0. The lowest BCUT2D eigenvalue weighted by molar-refractivity contribution is 0.127. The second kappa shape index (κ2) is 9.94. The molecule has 0 spiro atoms. The summed E-state index contributed by atoms with van der Waals surface area (Å²) < 4.78 is 0. The van der Waals surface area contributed by atoms with Gasteiger partial charge in [-0.3, -0.25) is 10.9 Å². The van der Waals surface area contributed by atoms with Crippen molar-refractivity contribution in [3.8, 4) is 5.75 Å². The van der Waals surface area contributed by atoms with Gasteiger partial charge in [0.1, 0.15) is 11.6 Å². The van der Waals surface area contributed by atoms with Crippen LogP contribution < -0.4 is 21.1 Å². The molecule has 0 amide bonds. The van der Waals surface area contributed by atoms with Gasteiger partial charge in [-0.25, -0.2) is 4.98 Å². The number of phenolic OH excluding ortho intramolecular Hbond substituents is 1. The number of hydrogen-bond acceptors (Lipinski definition) is 8. The van der Waals surface area contributed by atoms with Crippen LogP contribution >= 0.6 is 11.3 Å². The fraction of sp³-hybridized carbons (Fsp3) is 0.483. The molecule has 4 aliphatic heterocycles. The van der Waals surface area contributed by atoms with Gasteiger partial charge in [0.15, 0.2) is 5.13 Å². The number of piperidine rings is 2. The Bertz CT molecular complexity index is 1330. The van der Waals surface area contributed by atoms with Crippen LogP contribution in [0.3, 0.4) is 0 Å². The van der Waals surface area contributed by atoms with Crippen molar-refractivity contribution in [1.29, 1.82) is 0 Å². The fourth-order valence-corrected chi connectivity index (χ4v) is 8.02. The van der Waals surface area contributed by atoms with E-state index in [2.05, 4.69) is 50.1 Å². The van der Waals surface area contributed by atoms with Gasteiger partial charge in [-0.1, -0.05) is 12.1 Å². The summed E-state index contributed by atoms with van der Waals surface area (Å²) in [5.41, 5.74) is 12.0. The number of hydrazine groups is 1. The number of anilines is 2. The highest BCUT2D eigenvalue weighted by Gasteiger charge is 2.33. The Labute approximate surface area is 228 Å². The second-order valence-electron chi connectivity index (χ2n) is 11.1. The number of aromatic hydroxyl groups is 1. The Morgan fingerprint density at radius 1 is 1.03 bits per heavy atom. The van der Waals surface area contributed by atoms with Crippen molar-refractivity contribution in [1.82, 2.24) is 25.6 Å². The molecule has 2 aromatic heterocycles. The third-order valence-electron chi connectivity index (χ3n) is 8.97. The molecule has 6 heterocycles. The highest BCUT2D eigenvalue weighted by atomic mass is 32.1. The Hall–Kier alpha value is -3.01. The number of H-pyrrole nitrogens is 1. The molecular formula is C29H37N7OS. The molecule has 5 N–H and O–H groups in total. The average Bonchev–Trinajstić information content (AvgIpc) is 3.59. The summed E-state index contributed by atoms with van der Waals surface area (Å²) in [4.78, 5) is 15.2. The predicted molar refractivity (Wildman–Crippen MR) is 155 cm³/mol. The molecule has 0 unspecified atom stereocenters. The number of para-hydroxylation sites is 1. The van der Waals surface area contributed by atoms with Crippen molar-refractivity contribution in [3.63, 3.8) is 0 Å². The first-order chi connectivity index (χ1) is 18.7. The van der Waals surface area contributed by atoms with E-state index < -0.39 is 0 Å². The minimum Gasteiger partial charge on any atom is -0.507 e. The van der Waals surface area contributed by atoms with Gasteiger partial charge in [0.2, 0.25) is 0 Å². The first kappa shape index (κ1) is 24.1. The van der Waals surface area contributed by atoms with Gasteiger partial charge in [0.25, 0.3) is 0 Å². The summed E-state index contributed by atoms with van der Waals surface area (Å²) in [6, 6.07) is 8.43. The molecule has 200 valence electrons. The topological polar surface area (TPSA) is 91.5 Å². The highest BCUT2D eigenvalue weighted by molar-refractivity contribution is 7.15. The van der Waals surface area contributed by atoms with E-state index in [0.717, 1.165) is 46.8 Å². The Morgan fingerprint density at radius 2 is 1.84 bits per heavy atom. The Balaban J connectivity index is 1.09. The number of fused-ring (bicyclic) bond motifs is 3. The van der Waals surface area contributed by atoms with E-state index in [1.165, 1.54) is 68.0 Å². The van der Waals surface area contributed by atoms with E-state index in [4.69, 9.17) is 4.98 Å². The van der Waals surface area contributed by atoms with E-state index >= 15 is 0 Å². The quantitative estimate of drug-likeness (QED) is 0.335. The lowest BCUT2D eigenvalue weighted by Crippen LogP contribution is -2.46. The molecule has 38 heavy (non-hydrogen) atoms. The zero-order valence-electron chi connectivity index (χ0n) is 22.0. The number of likely N-dealkylation sites (tertiary alicyclic amines) is 1. The number of nitrogens with one attached hydrogen (secondary N) is 4. The van der Waals surface area contributed by atoms with Crippen LogP contribution in [0.2, 0.25) is 0 Å². The number of phenols is 1. The lowest BCUT2D eigenvalue weighted by atomic mass is 9.93. The first-order valence-corrected chi connectivity index (χ1v) is 14.9. The van der Waals surface area contributed by atoms with Gasteiger partial charge in [0, 0.05) is 52.5 Å². The van der Waals surface area contributed by atoms with Crippen molar-refractivity contribution in [2.24, 2.45) is 0 Å². The summed E-state index contributed by atoms with van der Waals surface area (Å²) in [6.45, 7) is 8.02. The van der Waals surface area contributed by atoms with Crippen LogP contribution in [0.1, 0.15) is 71.8 Å². The van der Waals surface area contributed by atoms with Gasteiger partial charge >= 0.3 is 0 Å². The SMILES string of the molecule is C[C@H]1c2c([nH]c3c2C=C(c2ccccc2O)NN3)CCN1c1ncc(C2CCN(C3CCNCC3)CC2)s1. The van der Waals surface area contributed by atoms with Crippen LogP contribution in [-0.4, -0.2) is 58.7 Å². The maximum absolute atomic E-state index is 10.4. The third-order valence-corrected chi connectivity index (χ3v) is 10.2. The molecule has 0 aliphatic carbocycles. The van der Waals surface area contributed by atoms with Gasteiger partial charge < -0.3 is 25.2 Å². The minimum absolute atomic E-state index is 0.210. The zero-order chi connectivity index (χ0) is 25.6. The molecule has 7 rings (SSSR count). The second-order valence-corrected chi connectivity index (χ2v) is 12.1. The van der Waals surface area contributed by atoms with E-state index in [1.54, 1.807) is 6.07 Å². The fourth-order valence-electron chi connectivity index (χ4n) is 6.82. The van der Waals surface area contributed by atoms with Crippen LogP contribution in [0.4, 0.5) is 10.9 Å². The molecule has 3 aromatic rings. The number of aromatic amines is 1. The van der Waals surface area contributed by atoms with Gasteiger partial charge in [-0.05, 0) is 82.9 Å². The van der Waals surface area contributed by atoms with Gasteiger partial charge in [-0.15, -0.1) is 11.3 Å². The molecule has 0 bridgehead atoms. The molecule has 8 nitrogen and oxygen atoms in total. The van der Waals surface area contributed by atoms with Crippen molar-refractivity contribution < 1.29 is 5.11 Å². The van der Waals surface area contributed by atoms with Crippen molar-refractivity contribution in [2.75, 3.05) is 43.0 Å². The number of rotatable bonds is 4. The maximum atomic E-state index is 10.4. The molecule has 9 heteroatoms. The summed E-state index contributed by atoms with van der Waals surface area (Å²) in [6.07, 6.45) is 10.3. The minimum atomic E-state index is 0.210. The molecule has 4 aliphatic rings. The van der Waals surface area contributed by atoms with Crippen LogP contribution in [0.5, 0.6) is 5.75 Å². The molecule has 2 fully saturated rings. The lowest BCUT2D eigenvalue weighted by Gasteiger charge is -2.39. The van der Waals surface area contributed by atoms with Crippen molar-refractivity contribution >= 4 is 34.1 Å². The van der Waals surface area contributed by atoms with Crippen molar-refractivity contribution in [3.05, 3.63) is 57.7 Å². The van der Waals surface area contributed by atoms with Crippen LogP contribution in [0, 0.1) is 0 Å². The maximum Gasteiger partial charge on any atom is 0.186 e. The molecule has 1 aromatic carbocycles. The molecule has 2 saturated heterocycles. The van der Waals surface area contributed by atoms with Crippen LogP contribution in [0.15, 0.2) is 30.5 Å². The number of thiazole rings is 1. The number of nitrogens with zero attached hydrogens (tertiary/aromatic N) is 3. The summed E-state index contributed by atoms with van der Waals surface area (Å²) in [7, 11) is 0. The van der Waals surface area contributed by atoms with Crippen LogP contribution in [-0.2, 0) is 6.42 Å². The molecule has 1 atom stereocenters. The standard InChI is InChI=1S/C29H37N7OS/c1-18-27-22-16-24(21-4-2-3-5-25(21)37)33-34-28(22)32-23(27)10-15-36(18)29-31-17-26(38-29)19-8-13-35(14-9-19)20-6-11-30-12-7-20/h2-5,16-20,30,32-34,37H,6-15H2,1H3/t18-/m0/s1. The van der Waals surface area contributed by atoms with Crippen molar-refractivity contribution in [2.45, 2.75) is 57.0 Å². The first-order valence-electron chi connectivity index (χ1n) is 14.1. The van der Waals surface area contributed by atoms with E-state index in [0.29, 0.717) is 5.92 Å². The molecule has 0 saturated carbocycles. The highest BCUT2D eigenvalue weighted by Crippen LogP contribution is 2.43. The van der Waals surface area contributed by atoms with E-state index in [-0.39, 0.29) is 11.8 Å². The Morgan fingerprint density at radius 3 is 2.66 bits per heavy atom. The monoisotopic (exact) mass is 531 g/mol. The third kappa shape index (κ3) is 4.26. The zero-order valence-corrected chi connectivity index (χ0v) is 22.8. The number of aromatic nitrogens is 2. The molecule has 0 radical (unpaired) electrons. The average molecular weight is 532 g/mol. The largest absolute Gasteiger partial charge is 0.507 e. The number of hydrogen-bond donors (Lipinski definition) is 5. The molecular weight excluding hydrogens is 494 g/mol. The van der Waals surface area contributed by atoms with Gasteiger partial charge in [-0.2, -0.15) is 0 Å². The number of benzene rings is 1. The summed E-state index contributed by atoms with van der Waals surface area (Å²) >= 11 is 1.90. The summed E-state index contributed by atoms with van der Waals surface area (Å²) in [5.74, 6) is 1.89. The van der Waals surface area contributed by atoms with Gasteiger partial charge in [0.05, 0.1) is 11.7 Å².